The van der Waals surface area contributed by atoms with Gasteiger partial charge < -0.3 is 10.6 Å². The first-order chi connectivity index (χ1) is 9.51. The molecule has 0 radical (unpaired) electrons. The SMILES string of the molecule is CNc1nc(C(C)C)nc(Nc2ccc(C)cc2)c1C. The molecule has 20 heavy (non-hydrogen) atoms. The van der Waals surface area contributed by atoms with E-state index in [2.05, 4.69) is 65.6 Å². The van der Waals surface area contributed by atoms with Crippen LogP contribution >= 0.6 is 0 Å². The van der Waals surface area contributed by atoms with Gasteiger partial charge in [0.25, 0.3) is 0 Å². The van der Waals surface area contributed by atoms with Crippen LogP contribution in [0.3, 0.4) is 0 Å². The van der Waals surface area contributed by atoms with Crippen molar-refractivity contribution < 1.29 is 0 Å². The second-order valence-corrected chi connectivity index (χ2v) is 5.30. The first-order valence-electron chi connectivity index (χ1n) is 6.91. The number of nitrogens with one attached hydrogen (secondary N) is 2. The Morgan fingerprint density at radius 3 is 2.10 bits per heavy atom. The van der Waals surface area contributed by atoms with Crippen LogP contribution in [0.25, 0.3) is 0 Å². The van der Waals surface area contributed by atoms with Crippen LogP contribution in [-0.4, -0.2) is 17.0 Å². The number of nitrogens with zero attached hydrogens (tertiary/aromatic N) is 2. The Morgan fingerprint density at radius 2 is 1.55 bits per heavy atom. The summed E-state index contributed by atoms with van der Waals surface area (Å²) in [5, 5.41) is 6.51. The van der Waals surface area contributed by atoms with Gasteiger partial charge in [0.05, 0.1) is 0 Å². The lowest BCUT2D eigenvalue weighted by atomic mass is 10.2. The fourth-order valence-electron chi connectivity index (χ4n) is 1.93. The number of benzene rings is 1. The highest BCUT2D eigenvalue weighted by atomic mass is 15.1. The van der Waals surface area contributed by atoms with E-state index in [0.29, 0.717) is 5.92 Å². The molecule has 0 atom stereocenters. The molecule has 0 amide bonds. The number of aryl methyl sites for hydroxylation is 1. The predicted molar refractivity (Wildman–Crippen MR) is 84.9 cm³/mol. The van der Waals surface area contributed by atoms with E-state index < -0.39 is 0 Å². The highest BCUT2D eigenvalue weighted by molar-refractivity contribution is 5.64. The van der Waals surface area contributed by atoms with E-state index in [4.69, 9.17) is 0 Å². The molecule has 0 unspecified atom stereocenters. The molecule has 1 aromatic heterocycles. The summed E-state index contributed by atoms with van der Waals surface area (Å²) in [6, 6.07) is 8.29. The van der Waals surface area contributed by atoms with Crippen molar-refractivity contribution >= 4 is 17.3 Å². The average Bonchev–Trinajstić information content (AvgIpc) is 2.43. The number of aromatic nitrogens is 2. The Balaban J connectivity index is 2.39. The zero-order valence-corrected chi connectivity index (χ0v) is 12.8. The van der Waals surface area contributed by atoms with Crippen molar-refractivity contribution in [3.63, 3.8) is 0 Å². The van der Waals surface area contributed by atoms with Crippen molar-refractivity contribution in [2.75, 3.05) is 17.7 Å². The normalized spacial score (nSPS) is 10.7. The molecule has 106 valence electrons. The van der Waals surface area contributed by atoms with Crippen molar-refractivity contribution in [2.24, 2.45) is 0 Å². The van der Waals surface area contributed by atoms with Crippen molar-refractivity contribution in [1.29, 1.82) is 0 Å². The van der Waals surface area contributed by atoms with Gasteiger partial charge in [-0.3, -0.25) is 0 Å². The molecule has 2 aromatic rings. The third-order valence-corrected chi connectivity index (χ3v) is 3.23. The van der Waals surface area contributed by atoms with Gasteiger partial charge >= 0.3 is 0 Å². The van der Waals surface area contributed by atoms with Gasteiger partial charge in [-0.25, -0.2) is 9.97 Å². The zero-order chi connectivity index (χ0) is 14.7. The molecule has 0 saturated heterocycles. The van der Waals surface area contributed by atoms with Gasteiger partial charge in [0.15, 0.2) is 0 Å². The lowest BCUT2D eigenvalue weighted by Crippen LogP contribution is -2.08. The van der Waals surface area contributed by atoms with E-state index in [0.717, 1.165) is 28.7 Å². The van der Waals surface area contributed by atoms with Crippen LogP contribution in [0.2, 0.25) is 0 Å². The quantitative estimate of drug-likeness (QED) is 0.881. The summed E-state index contributed by atoms with van der Waals surface area (Å²) < 4.78 is 0. The van der Waals surface area contributed by atoms with Crippen molar-refractivity contribution in [3.05, 3.63) is 41.2 Å². The molecule has 0 aliphatic carbocycles. The van der Waals surface area contributed by atoms with Gasteiger partial charge in [-0.1, -0.05) is 31.5 Å². The second-order valence-electron chi connectivity index (χ2n) is 5.30. The lowest BCUT2D eigenvalue weighted by Gasteiger charge is -2.15. The molecular weight excluding hydrogens is 248 g/mol. The number of hydrogen-bond donors (Lipinski definition) is 2. The minimum atomic E-state index is 0.293. The molecule has 0 fully saturated rings. The molecule has 2 N–H and O–H groups in total. The highest BCUT2D eigenvalue weighted by Gasteiger charge is 2.12. The van der Waals surface area contributed by atoms with Gasteiger partial charge in [0.2, 0.25) is 0 Å². The topological polar surface area (TPSA) is 49.8 Å². The van der Waals surface area contributed by atoms with Crippen LogP contribution in [0.1, 0.15) is 36.7 Å². The van der Waals surface area contributed by atoms with E-state index >= 15 is 0 Å². The smallest absolute Gasteiger partial charge is 0.139 e. The Kier molecular flexibility index (Phi) is 4.23. The van der Waals surface area contributed by atoms with Gasteiger partial charge in [0, 0.05) is 24.2 Å². The Morgan fingerprint density at radius 1 is 0.950 bits per heavy atom. The summed E-state index contributed by atoms with van der Waals surface area (Å²) in [7, 11) is 1.88. The van der Waals surface area contributed by atoms with Crippen LogP contribution < -0.4 is 10.6 Å². The molecular formula is C16H22N4. The summed E-state index contributed by atoms with van der Waals surface area (Å²) >= 11 is 0. The summed E-state index contributed by atoms with van der Waals surface area (Å²) in [5.41, 5.74) is 3.31. The molecule has 1 aromatic carbocycles. The summed E-state index contributed by atoms with van der Waals surface area (Å²) in [6.07, 6.45) is 0. The maximum Gasteiger partial charge on any atom is 0.139 e. The minimum Gasteiger partial charge on any atom is -0.373 e. The van der Waals surface area contributed by atoms with E-state index in [1.54, 1.807) is 0 Å². The first-order valence-corrected chi connectivity index (χ1v) is 6.91. The monoisotopic (exact) mass is 270 g/mol. The summed E-state index contributed by atoms with van der Waals surface area (Å²) in [6.45, 7) is 8.29. The van der Waals surface area contributed by atoms with E-state index in [-0.39, 0.29) is 0 Å². The predicted octanol–water partition coefficient (Wildman–Crippen LogP) is 4.00. The van der Waals surface area contributed by atoms with Crippen molar-refractivity contribution in [1.82, 2.24) is 9.97 Å². The maximum absolute atomic E-state index is 4.64. The van der Waals surface area contributed by atoms with E-state index in [9.17, 15) is 0 Å². The van der Waals surface area contributed by atoms with Crippen molar-refractivity contribution in [3.8, 4) is 0 Å². The number of anilines is 3. The third-order valence-electron chi connectivity index (χ3n) is 3.23. The standard InChI is InChI=1S/C16H22N4/c1-10(2)14-19-15(17-5)12(4)16(20-14)18-13-8-6-11(3)7-9-13/h6-10H,1-5H3,(H2,17,18,19,20). The Hall–Kier alpha value is -2.10. The van der Waals surface area contributed by atoms with Gasteiger partial charge in [-0.2, -0.15) is 0 Å². The Labute approximate surface area is 120 Å². The number of rotatable bonds is 4. The van der Waals surface area contributed by atoms with Crippen molar-refractivity contribution in [2.45, 2.75) is 33.6 Å². The van der Waals surface area contributed by atoms with Gasteiger partial charge in [-0.05, 0) is 26.0 Å². The molecule has 0 spiro atoms. The van der Waals surface area contributed by atoms with Crippen LogP contribution in [-0.2, 0) is 0 Å². The highest BCUT2D eigenvalue weighted by Crippen LogP contribution is 2.25. The average molecular weight is 270 g/mol. The van der Waals surface area contributed by atoms with Crippen LogP contribution in [0.5, 0.6) is 0 Å². The number of hydrogen-bond acceptors (Lipinski definition) is 4. The van der Waals surface area contributed by atoms with Crippen LogP contribution in [0.15, 0.2) is 24.3 Å². The first kappa shape index (κ1) is 14.3. The molecule has 0 aliphatic rings. The lowest BCUT2D eigenvalue weighted by molar-refractivity contribution is 0.775. The van der Waals surface area contributed by atoms with Gasteiger partial charge in [0.1, 0.15) is 17.5 Å². The molecule has 0 aliphatic heterocycles. The Bertz CT molecular complexity index is 588. The summed E-state index contributed by atoms with van der Waals surface area (Å²) in [4.78, 5) is 9.18. The van der Waals surface area contributed by atoms with E-state index in [1.165, 1.54) is 5.56 Å². The minimum absolute atomic E-state index is 0.293. The largest absolute Gasteiger partial charge is 0.373 e. The zero-order valence-electron chi connectivity index (χ0n) is 12.8. The fourth-order valence-corrected chi connectivity index (χ4v) is 1.93. The third kappa shape index (κ3) is 3.07. The molecule has 4 heteroatoms. The maximum atomic E-state index is 4.64. The van der Waals surface area contributed by atoms with Crippen LogP contribution in [0.4, 0.5) is 17.3 Å². The molecule has 4 nitrogen and oxygen atoms in total. The summed E-state index contributed by atoms with van der Waals surface area (Å²) in [5.74, 6) is 2.87. The van der Waals surface area contributed by atoms with Gasteiger partial charge in [-0.15, -0.1) is 0 Å². The molecule has 2 rings (SSSR count). The molecule has 1 heterocycles. The molecule has 0 bridgehead atoms. The van der Waals surface area contributed by atoms with E-state index in [1.807, 2.05) is 14.0 Å². The van der Waals surface area contributed by atoms with Crippen LogP contribution in [0, 0.1) is 13.8 Å². The molecule has 0 saturated carbocycles. The second kappa shape index (κ2) is 5.90. The fraction of sp³-hybridized carbons (Fsp3) is 0.375.